The van der Waals surface area contributed by atoms with Gasteiger partial charge in [0.15, 0.2) is 0 Å². The summed E-state index contributed by atoms with van der Waals surface area (Å²) in [5.41, 5.74) is 1.10. The average Bonchev–Trinajstić information content (AvgIpc) is 2.42. The molecule has 0 fully saturated rings. The summed E-state index contributed by atoms with van der Waals surface area (Å²) < 4.78 is 26.7. The summed E-state index contributed by atoms with van der Waals surface area (Å²) >= 11 is 6.13. The quantitative estimate of drug-likeness (QED) is 0.905. The van der Waals surface area contributed by atoms with Crippen molar-refractivity contribution in [3.63, 3.8) is 0 Å². The van der Waals surface area contributed by atoms with Crippen molar-refractivity contribution in [3.8, 4) is 0 Å². The van der Waals surface area contributed by atoms with Gasteiger partial charge in [0.25, 0.3) is 0 Å². The molecule has 1 aromatic carbocycles. The molecule has 1 aromatic heterocycles. The van der Waals surface area contributed by atoms with Crippen LogP contribution >= 0.6 is 11.6 Å². The molecular formula is C15H15ClF2N2. The van der Waals surface area contributed by atoms with Crippen molar-refractivity contribution >= 4 is 11.6 Å². The number of hydrogen-bond donors (Lipinski definition) is 1. The topological polar surface area (TPSA) is 24.9 Å². The Bertz CT molecular complexity index is 590. The number of nitrogens with zero attached hydrogens (tertiary/aromatic N) is 1. The third-order valence-corrected chi connectivity index (χ3v) is 3.33. The van der Waals surface area contributed by atoms with Gasteiger partial charge in [0.2, 0.25) is 0 Å². The maximum atomic E-state index is 13.7. The first kappa shape index (κ1) is 14.9. The van der Waals surface area contributed by atoms with Crippen molar-refractivity contribution in [2.24, 2.45) is 0 Å². The SMILES string of the molecule is CCNC(Cc1ccc(F)cc1F)c1ncccc1Cl. The van der Waals surface area contributed by atoms with Crippen molar-refractivity contribution in [2.45, 2.75) is 19.4 Å². The molecule has 0 radical (unpaired) electrons. The van der Waals surface area contributed by atoms with Crippen molar-refractivity contribution in [1.82, 2.24) is 10.3 Å². The van der Waals surface area contributed by atoms with Crippen LogP contribution in [0.1, 0.15) is 24.2 Å². The van der Waals surface area contributed by atoms with Crippen LogP contribution in [0, 0.1) is 11.6 Å². The summed E-state index contributed by atoms with van der Waals surface area (Å²) in [5.74, 6) is -1.14. The van der Waals surface area contributed by atoms with Crippen molar-refractivity contribution < 1.29 is 8.78 Å². The predicted molar refractivity (Wildman–Crippen MR) is 75.7 cm³/mol. The van der Waals surface area contributed by atoms with Gasteiger partial charge in [-0.05, 0) is 36.7 Å². The summed E-state index contributed by atoms with van der Waals surface area (Å²) in [5, 5.41) is 3.75. The Balaban J connectivity index is 2.28. The van der Waals surface area contributed by atoms with Gasteiger partial charge in [-0.3, -0.25) is 4.98 Å². The number of likely N-dealkylation sites (N-methyl/N-ethyl adjacent to an activating group) is 1. The summed E-state index contributed by atoms with van der Waals surface area (Å²) in [7, 11) is 0. The molecule has 1 N–H and O–H groups in total. The minimum absolute atomic E-state index is 0.214. The number of hydrogen-bond acceptors (Lipinski definition) is 2. The van der Waals surface area contributed by atoms with Gasteiger partial charge in [0.1, 0.15) is 11.6 Å². The molecule has 0 aliphatic carbocycles. The predicted octanol–water partition coefficient (Wildman–Crippen LogP) is 3.91. The number of rotatable bonds is 5. The molecule has 0 aliphatic heterocycles. The lowest BCUT2D eigenvalue weighted by atomic mass is 10.0. The second kappa shape index (κ2) is 6.77. The van der Waals surface area contributed by atoms with Crippen LogP contribution in [0.2, 0.25) is 5.02 Å². The molecule has 0 saturated carbocycles. The van der Waals surface area contributed by atoms with Gasteiger partial charge in [-0.2, -0.15) is 0 Å². The monoisotopic (exact) mass is 296 g/mol. The summed E-state index contributed by atoms with van der Waals surface area (Å²) in [6, 6.07) is 6.86. The molecule has 0 aliphatic rings. The van der Waals surface area contributed by atoms with Crippen LogP contribution in [0.3, 0.4) is 0 Å². The molecule has 2 nitrogen and oxygen atoms in total. The van der Waals surface area contributed by atoms with E-state index in [9.17, 15) is 8.78 Å². The van der Waals surface area contributed by atoms with Crippen molar-refractivity contribution in [3.05, 3.63) is 64.4 Å². The maximum Gasteiger partial charge on any atom is 0.129 e. The van der Waals surface area contributed by atoms with Gasteiger partial charge in [-0.25, -0.2) is 8.78 Å². The first-order chi connectivity index (χ1) is 9.61. The van der Waals surface area contributed by atoms with Crippen LogP contribution in [0.25, 0.3) is 0 Å². The fraction of sp³-hybridized carbons (Fsp3) is 0.267. The van der Waals surface area contributed by atoms with E-state index in [1.165, 1.54) is 12.1 Å². The molecule has 1 unspecified atom stereocenters. The Hall–Kier alpha value is -1.52. The molecule has 1 atom stereocenters. The highest BCUT2D eigenvalue weighted by Crippen LogP contribution is 2.24. The second-order valence-corrected chi connectivity index (χ2v) is 4.83. The van der Waals surface area contributed by atoms with E-state index < -0.39 is 11.6 Å². The fourth-order valence-corrected chi connectivity index (χ4v) is 2.33. The van der Waals surface area contributed by atoms with E-state index >= 15 is 0 Å². The smallest absolute Gasteiger partial charge is 0.129 e. The van der Waals surface area contributed by atoms with Crippen LogP contribution in [-0.4, -0.2) is 11.5 Å². The van der Waals surface area contributed by atoms with Gasteiger partial charge < -0.3 is 5.32 Å². The number of benzene rings is 1. The molecule has 5 heteroatoms. The van der Waals surface area contributed by atoms with Gasteiger partial charge in [0.05, 0.1) is 16.8 Å². The van der Waals surface area contributed by atoms with Crippen molar-refractivity contribution in [1.29, 1.82) is 0 Å². The molecule has 0 bridgehead atoms. The number of halogens is 3. The van der Waals surface area contributed by atoms with Crippen LogP contribution in [-0.2, 0) is 6.42 Å². The maximum absolute atomic E-state index is 13.7. The Morgan fingerprint density at radius 3 is 2.75 bits per heavy atom. The first-order valence-electron chi connectivity index (χ1n) is 6.39. The van der Waals surface area contributed by atoms with E-state index in [1.807, 2.05) is 6.92 Å². The van der Waals surface area contributed by atoms with Crippen molar-refractivity contribution in [2.75, 3.05) is 6.54 Å². The normalized spacial score (nSPS) is 12.4. The zero-order chi connectivity index (χ0) is 14.5. The van der Waals surface area contributed by atoms with Crippen LogP contribution < -0.4 is 5.32 Å². The van der Waals surface area contributed by atoms with Gasteiger partial charge in [-0.1, -0.05) is 24.6 Å². The van der Waals surface area contributed by atoms with Gasteiger partial charge in [0, 0.05) is 12.3 Å². The molecule has 2 rings (SSSR count). The molecule has 106 valence electrons. The molecule has 0 amide bonds. The molecule has 0 saturated heterocycles. The third-order valence-electron chi connectivity index (χ3n) is 3.01. The zero-order valence-corrected chi connectivity index (χ0v) is 11.8. The van der Waals surface area contributed by atoms with E-state index in [-0.39, 0.29) is 6.04 Å². The number of aromatic nitrogens is 1. The van der Waals surface area contributed by atoms with Crippen LogP contribution in [0.5, 0.6) is 0 Å². The van der Waals surface area contributed by atoms with Crippen LogP contribution in [0.15, 0.2) is 36.5 Å². The number of pyridine rings is 1. The van der Waals surface area contributed by atoms with E-state index in [2.05, 4.69) is 10.3 Å². The summed E-state index contributed by atoms with van der Waals surface area (Å²) in [6.45, 7) is 2.64. The molecule has 2 aromatic rings. The molecule has 1 heterocycles. The summed E-state index contributed by atoms with van der Waals surface area (Å²) in [4.78, 5) is 4.25. The molecular weight excluding hydrogens is 282 g/mol. The van der Waals surface area contributed by atoms with E-state index in [4.69, 9.17) is 11.6 Å². The first-order valence-corrected chi connectivity index (χ1v) is 6.77. The standard InChI is InChI=1S/C15H15ClF2N2/c1-2-19-14(15-12(16)4-3-7-20-15)8-10-5-6-11(17)9-13(10)18/h3-7,9,14,19H,2,8H2,1H3. The largest absolute Gasteiger partial charge is 0.309 e. The lowest BCUT2D eigenvalue weighted by Gasteiger charge is -2.19. The Morgan fingerprint density at radius 1 is 1.30 bits per heavy atom. The molecule has 20 heavy (non-hydrogen) atoms. The molecule has 0 spiro atoms. The second-order valence-electron chi connectivity index (χ2n) is 4.42. The summed E-state index contributed by atoms with van der Waals surface area (Å²) in [6.07, 6.45) is 2.00. The Kier molecular flexibility index (Phi) is 5.04. The highest BCUT2D eigenvalue weighted by Gasteiger charge is 2.17. The Labute approximate surface area is 121 Å². The third kappa shape index (κ3) is 3.52. The zero-order valence-electron chi connectivity index (χ0n) is 11.0. The minimum atomic E-state index is -0.581. The van der Waals surface area contributed by atoms with Gasteiger partial charge in [-0.15, -0.1) is 0 Å². The number of nitrogens with one attached hydrogen (secondary N) is 1. The lowest BCUT2D eigenvalue weighted by Crippen LogP contribution is -2.24. The van der Waals surface area contributed by atoms with E-state index in [0.29, 0.717) is 29.2 Å². The highest BCUT2D eigenvalue weighted by molar-refractivity contribution is 6.31. The average molecular weight is 297 g/mol. The van der Waals surface area contributed by atoms with E-state index in [0.717, 1.165) is 6.07 Å². The van der Waals surface area contributed by atoms with Crippen LogP contribution in [0.4, 0.5) is 8.78 Å². The Morgan fingerprint density at radius 2 is 2.10 bits per heavy atom. The fourth-order valence-electron chi connectivity index (χ4n) is 2.07. The minimum Gasteiger partial charge on any atom is -0.309 e. The van der Waals surface area contributed by atoms with Gasteiger partial charge >= 0.3 is 0 Å². The van der Waals surface area contributed by atoms with E-state index in [1.54, 1.807) is 18.3 Å². The highest BCUT2D eigenvalue weighted by atomic mass is 35.5. The lowest BCUT2D eigenvalue weighted by molar-refractivity contribution is 0.512.